The van der Waals surface area contributed by atoms with Gasteiger partial charge in [-0.2, -0.15) is 0 Å². The second kappa shape index (κ2) is 11.0. The fourth-order valence-corrected chi connectivity index (χ4v) is 4.71. The summed E-state index contributed by atoms with van der Waals surface area (Å²) in [6, 6.07) is 7.01. The molecule has 2 aromatic rings. The van der Waals surface area contributed by atoms with E-state index < -0.39 is 0 Å². The summed E-state index contributed by atoms with van der Waals surface area (Å²) >= 11 is 7.15. The highest BCUT2D eigenvalue weighted by atomic mass is 35.5. The highest BCUT2D eigenvalue weighted by molar-refractivity contribution is 7.98. The summed E-state index contributed by atoms with van der Waals surface area (Å²) in [5, 5.41) is 3.11. The number of hydrogen-bond donors (Lipinski definition) is 1. The molecule has 0 aromatic heterocycles. The summed E-state index contributed by atoms with van der Waals surface area (Å²) in [7, 11) is 4.74. The number of rotatable bonds is 8. The van der Waals surface area contributed by atoms with Gasteiger partial charge in [-0.25, -0.2) is 0 Å². The molecule has 0 spiro atoms. The smallest absolute Gasteiger partial charge is 0.220 e. The maximum Gasteiger partial charge on any atom is 0.220 e. The van der Waals surface area contributed by atoms with Crippen LogP contribution in [0.15, 0.2) is 34.0 Å². The minimum atomic E-state index is -0.322. The fraction of sp³-hybridized carbons (Fsp3) is 0.417. The molecule has 0 radical (unpaired) electrons. The molecule has 1 unspecified atom stereocenters. The molecule has 0 heterocycles. The van der Waals surface area contributed by atoms with Gasteiger partial charge in [0.05, 0.1) is 32.3 Å². The molecule has 0 saturated carbocycles. The van der Waals surface area contributed by atoms with Crippen molar-refractivity contribution in [1.29, 1.82) is 0 Å². The number of fused-ring (bicyclic) bond motifs is 3. The monoisotopic (exact) mass is 477 g/mol. The SMILES string of the molecule is COc1cc2c(c(OC)c1OC)-c1ccc(SC)c(=O)cc1C(NC(=O)CCCCl)CC2. The first-order valence-corrected chi connectivity index (χ1v) is 12.1. The number of aryl methyl sites for hydroxylation is 1. The lowest BCUT2D eigenvalue weighted by Gasteiger charge is -2.20. The van der Waals surface area contributed by atoms with Crippen molar-refractivity contribution in [2.24, 2.45) is 0 Å². The molecular weight excluding hydrogens is 450 g/mol. The second-order valence-corrected chi connectivity index (χ2v) is 8.64. The van der Waals surface area contributed by atoms with E-state index in [0.717, 1.165) is 22.3 Å². The molecule has 1 aliphatic rings. The first-order valence-electron chi connectivity index (χ1n) is 10.4. The summed E-state index contributed by atoms with van der Waals surface area (Å²) in [5.74, 6) is 1.95. The van der Waals surface area contributed by atoms with Crippen LogP contribution in [0.2, 0.25) is 0 Å². The van der Waals surface area contributed by atoms with Gasteiger partial charge in [0.1, 0.15) is 0 Å². The van der Waals surface area contributed by atoms with Crippen LogP contribution in [0.5, 0.6) is 17.2 Å². The molecule has 0 bridgehead atoms. The molecular formula is C24H28ClNO5S. The average molecular weight is 478 g/mol. The number of carbonyl (C=O) groups excluding carboxylic acids is 1. The fourth-order valence-electron chi connectivity index (χ4n) is 4.11. The topological polar surface area (TPSA) is 73.9 Å². The Morgan fingerprint density at radius 3 is 2.53 bits per heavy atom. The Bertz CT molecular complexity index is 1060. The van der Waals surface area contributed by atoms with E-state index in [-0.39, 0.29) is 17.4 Å². The number of amides is 1. The van der Waals surface area contributed by atoms with Crippen LogP contribution in [0.25, 0.3) is 11.1 Å². The third-order valence-electron chi connectivity index (χ3n) is 5.59. The number of ether oxygens (including phenoxy) is 3. The van der Waals surface area contributed by atoms with Gasteiger partial charge in [0, 0.05) is 17.9 Å². The lowest BCUT2D eigenvalue weighted by atomic mass is 9.95. The lowest BCUT2D eigenvalue weighted by molar-refractivity contribution is -0.121. The standard InChI is InChI=1S/C24H28ClNO5S/c1-29-19-12-14-7-9-17(26-21(28)6-5-11-25)16-13-18(27)20(32-4)10-8-15(16)22(14)24(31-3)23(19)30-2/h8,10,12-13,17H,5-7,9,11H2,1-4H3,(H,26,28). The maximum atomic E-state index is 12.9. The minimum Gasteiger partial charge on any atom is -0.493 e. The van der Waals surface area contributed by atoms with Gasteiger partial charge in [-0.15, -0.1) is 23.4 Å². The van der Waals surface area contributed by atoms with Crippen LogP contribution in [-0.4, -0.2) is 39.4 Å². The minimum absolute atomic E-state index is 0.0818. The molecule has 3 rings (SSSR count). The summed E-state index contributed by atoms with van der Waals surface area (Å²) in [4.78, 5) is 26.1. The van der Waals surface area contributed by atoms with Gasteiger partial charge in [0.15, 0.2) is 16.9 Å². The Morgan fingerprint density at radius 2 is 1.91 bits per heavy atom. The van der Waals surface area contributed by atoms with Crippen LogP contribution >= 0.6 is 23.4 Å². The van der Waals surface area contributed by atoms with E-state index >= 15 is 0 Å². The Kier molecular flexibility index (Phi) is 8.32. The molecule has 8 heteroatoms. The molecule has 0 aliphatic heterocycles. The van der Waals surface area contributed by atoms with Crippen molar-refractivity contribution in [2.75, 3.05) is 33.5 Å². The van der Waals surface area contributed by atoms with Crippen LogP contribution in [0.3, 0.4) is 0 Å². The largest absolute Gasteiger partial charge is 0.493 e. The van der Waals surface area contributed by atoms with Gasteiger partial charge in [0.2, 0.25) is 11.7 Å². The highest BCUT2D eigenvalue weighted by Gasteiger charge is 2.29. The predicted octanol–water partition coefficient (Wildman–Crippen LogP) is 4.58. The van der Waals surface area contributed by atoms with E-state index in [0.29, 0.717) is 53.7 Å². The Labute approximate surface area is 197 Å². The molecule has 0 fully saturated rings. The molecule has 1 amide bonds. The Balaban J connectivity index is 2.28. The molecule has 0 saturated heterocycles. The predicted molar refractivity (Wildman–Crippen MR) is 129 cm³/mol. The quantitative estimate of drug-likeness (QED) is 0.443. The number of carbonyl (C=O) groups is 1. The number of halogens is 1. The van der Waals surface area contributed by atoms with Gasteiger partial charge in [-0.05, 0) is 60.4 Å². The number of alkyl halides is 1. The Hall–Kier alpha value is -2.38. The number of hydrogen-bond acceptors (Lipinski definition) is 6. The normalized spacial score (nSPS) is 14.6. The van der Waals surface area contributed by atoms with Gasteiger partial charge >= 0.3 is 0 Å². The number of thioether (sulfide) groups is 1. The number of benzene rings is 1. The molecule has 172 valence electrons. The van der Waals surface area contributed by atoms with Crippen LogP contribution in [0.4, 0.5) is 0 Å². The lowest BCUT2D eigenvalue weighted by Crippen LogP contribution is -2.29. The summed E-state index contributed by atoms with van der Waals surface area (Å²) in [5.41, 5.74) is 3.36. The van der Waals surface area contributed by atoms with Gasteiger partial charge in [-0.1, -0.05) is 6.07 Å². The van der Waals surface area contributed by atoms with Crippen LogP contribution in [-0.2, 0) is 11.2 Å². The molecule has 6 nitrogen and oxygen atoms in total. The van der Waals surface area contributed by atoms with E-state index in [1.165, 1.54) is 11.8 Å². The van der Waals surface area contributed by atoms with Crippen LogP contribution in [0.1, 0.15) is 36.4 Å². The number of methoxy groups -OCH3 is 3. The zero-order valence-corrected chi connectivity index (χ0v) is 20.3. The Morgan fingerprint density at radius 1 is 1.16 bits per heavy atom. The molecule has 2 aromatic carbocycles. The van der Waals surface area contributed by atoms with Gasteiger partial charge in [0.25, 0.3) is 0 Å². The number of nitrogens with one attached hydrogen (secondary N) is 1. The first-order chi connectivity index (χ1) is 15.5. The molecule has 1 aliphatic carbocycles. The summed E-state index contributed by atoms with van der Waals surface area (Å²) < 4.78 is 16.9. The van der Waals surface area contributed by atoms with E-state index in [1.807, 2.05) is 24.5 Å². The van der Waals surface area contributed by atoms with Crippen LogP contribution < -0.4 is 25.0 Å². The van der Waals surface area contributed by atoms with Crippen LogP contribution in [0, 0.1) is 0 Å². The van der Waals surface area contributed by atoms with E-state index in [2.05, 4.69) is 5.32 Å². The summed E-state index contributed by atoms with van der Waals surface area (Å²) in [6.07, 6.45) is 4.10. The average Bonchev–Trinajstić information content (AvgIpc) is 3.04. The van der Waals surface area contributed by atoms with E-state index in [4.69, 9.17) is 25.8 Å². The second-order valence-electron chi connectivity index (χ2n) is 7.41. The van der Waals surface area contributed by atoms with Crippen molar-refractivity contribution in [3.8, 4) is 28.4 Å². The van der Waals surface area contributed by atoms with Crippen molar-refractivity contribution >= 4 is 29.3 Å². The van der Waals surface area contributed by atoms with Gasteiger partial charge in [-0.3, -0.25) is 9.59 Å². The van der Waals surface area contributed by atoms with Crippen molar-refractivity contribution in [1.82, 2.24) is 5.32 Å². The highest BCUT2D eigenvalue weighted by Crippen LogP contribution is 2.50. The van der Waals surface area contributed by atoms with E-state index in [9.17, 15) is 9.59 Å². The van der Waals surface area contributed by atoms with Crippen molar-refractivity contribution in [3.63, 3.8) is 0 Å². The van der Waals surface area contributed by atoms with Gasteiger partial charge < -0.3 is 19.5 Å². The van der Waals surface area contributed by atoms with Crippen molar-refractivity contribution in [3.05, 3.63) is 45.6 Å². The third-order valence-corrected chi connectivity index (χ3v) is 6.64. The zero-order valence-electron chi connectivity index (χ0n) is 18.7. The molecule has 1 N–H and O–H groups in total. The van der Waals surface area contributed by atoms with Crippen molar-refractivity contribution in [2.45, 2.75) is 36.6 Å². The molecule has 32 heavy (non-hydrogen) atoms. The summed E-state index contributed by atoms with van der Waals surface area (Å²) in [6.45, 7) is 0. The molecule has 1 atom stereocenters. The zero-order chi connectivity index (χ0) is 23.3. The van der Waals surface area contributed by atoms with Crippen molar-refractivity contribution < 1.29 is 19.0 Å². The first kappa shape index (κ1) is 24.3. The maximum absolute atomic E-state index is 12.9. The van der Waals surface area contributed by atoms with E-state index in [1.54, 1.807) is 27.4 Å². The third kappa shape index (κ3) is 4.84.